The van der Waals surface area contributed by atoms with Crippen LogP contribution in [0.25, 0.3) is 0 Å². The minimum absolute atomic E-state index is 0.293. The number of ether oxygens (including phenoxy) is 1. The highest BCUT2D eigenvalue weighted by Crippen LogP contribution is 2.20. The molecule has 0 saturated carbocycles. The number of aromatic nitrogens is 3. The molecule has 0 fully saturated rings. The molecular weight excluding hydrogens is 216 g/mol. The third-order valence-electron chi connectivity index (χ3n) is 2.88. The van der Waals surface area contributed by atoms with Crippen LogP contribution in [0.4, 0.5) is 0 Å². The quantitative estimate of drug-likeness (QED) is 0.750. The first-order chi connectivity index (χ1) is 8.22. The molecule has 0 amide bonds. The number of nitrogens with one attached hydrogen (secondary N) is 1. The molecule has 1 aromatic rings. The Bertz CT molecular complexity index is 313. The van der Waals surface area contributed by atoms with E-state index in [9.17, 15) is 0 Å². The van der Waals surface area contributed by atoms with Gasteiger partial charge < -0.3 is 10.1 Å². The standard InChI is InChI=1S/C12H24N4O/c1-5-6-16-12(8-14-15-16)11(13-3)7-10(2)9-17-4/h8,10-11,13H,5-7,9H2,1-4H3. The highest BCUT2D eigenvalue weighted by molar-refractivity contribution is 5.02. The first kappa shape index (κ1) is 14.1. The molecule has 2 unspecified atom stereocenters. The van der Waals surface area contributed by atoms with E-state index < -0.39 is 0 Å². The maximum atomic E-state index is 5.18. The Hall–Kier alpha value is -0.940. The summed E-state index contributed by atoms with van der Waals surface area (Å²) in [5.41, 5.74) is 1.16. The molecule has 17 heavy (non-hydrogen) atoms. The van der Waals surface area contributed by atoms with Crippen LogP contribution in [0.15, 0.2) is 6.20 Å². The van der Waals surface area contributed by atoms with E-state index in [1.165, 1.54) is 0 Å². The van der Waals surface area contributed by atoms with E-state index in [1.54, 1.807) is 7.11 Å². The van der Waals surface area contributed by atoms with E-state index >= 15 is 0 Å². The lowest BCUT2D eigenvalue weighted by atomic mass is 10.0. The van der Waals surface area contributed by atoms with E-state index in [1.807, 2.05) is 17.9 Å². The van der Waals surface area contributed by atoms with E-state index in [0.29, 0.717) is 12.0 Å². The monoisotopic (exact) mass is 240 g/mol. The lowest BCUT2D eigenvalue weighted by Gasteiger charge is -2.20. The van der Waals surface area contributed by atoms with Crippen LogP contribution in [0.2, 0.25) is 0 Å². The molecule has 5 heteroatoms. The average molecular weight is 240 g/mol. The normalized spacial score (nSPS) is 14.8. The summed E-state index contributed by atoms with van der Waals surface area (Å²) in [6.45, 7) is 6.05. The molecule has 1 heterocycles. The molecule has 0 aliphatic heterocycles. The van der Waals surface area contributed by atoms with Crippen LogP contribution in [-0.2, 0) is 11.3 Å². The maximum Gasteiger partial charge on any atom is 0.0756 e. The van der Waals surface area contributed by atoms with Gasteiger partial charge in [0.25, 0.3) is 0 Å². The van der Waals surface area contributed by atoms with Crippen LogP contribution in [0.5, 0.6) is 0 Å². The Morgan fingerprint density at radius 1 is 1.53 bits per heavy atom. The van der Waals surface area contributed by atoms with Crippen LogP contribution in [0.1, 0.15) is 38.4 Å². The Morgan fingerprint density at radius 3 is 2.88 bits per heavy atom. The van der Waals surface area contributed by atoms with Crippen LogP contribution in [-0.4, -0.2) is 35.8 Å². The number of aryl methyl sites for hydroxylation is 1. The lowest BCUT2D eigenvalue weighted by Crippen LogP contribution is -2.23. The fourth-order valence-corrected chi connectivity index (χ4v) is 2.06. The van der Waals surface area contributed by atoms with Gasteiger partial charge >= 0.3 is 0 Å². The number of hydrogen-bond donors (Lipinski definition) is 1. The number of methoxy groups -OCH3 is 1. The summed E-state index contributed by atoms with van der Waals surface area (Å²) < 4.78 is 7.17. The fourth-order valence-electron chi connectivity index (χ4n) is 2.06. The van der Waals surface area contributed by atoms with Gasteiger partial charge in [0.05, 0.1) is 17.9 Å². The topological polar surface area (TPSA) is 52.0 Å². The summed E-state index contributed by atoms with van der Waals surface area (Å²) in [4.78, 5) is 0. The fraction of sp³-hybridized carbons (Fsp3) is 0.833. The van der Waals surface area contributed by atoms with Gasteiger partial charge in [-0.15, -0.1) is 5.10 Å². The second-order valence-electron chi connectivity index (χ2n) is 4.52. The smallest absolute Gasteiger partial charge is 0.0756 e. The second-order valence-corrected chi connectivity index (χ2v) is 4.52. The summed E-state index contributed by atoms with van der Waals surface area (Å²) >= 11 is 0. The van der Waals surface area contributed by atoms with Crippen LogP contribution >= 0.6 is 0 Å². The van der Waals surface area contributed by atoms with Crippen LogP contribution in [0.3, 0.4) is 0 Å². The Labute approximate surface area is 104 Å². The molecule has 0 saturated heterocycles. The molecule has 98 valence electrons. The first-order valence-electron chi connectivity index (χ1n) is 6.27. The third-order valence-corrected chi connectivity index (χ3v) is 2.88. The van der Waals surface area contributed by atoms with Crippen molar-refractivity contribution in [2.75, 3.05) is 20.8 Å². The van der Waals surface area contributed by atoms with Crippen molar-refractivity contribution in [1.29, 1.82) is 0 Å². The summed E-state index contributed by atoms with van der Waals surface area (Å²) in [5.74, 6) is 0.516. The van der Waals surface area contributed by atoms with Crippen LogP contribution < -0.4 is 5.32 Å². The zero-order valence-corrected chi connectivity index (χ0v) is 11.3. The van der Waals surface area contributed by atoms with Gasteiger partial charge in [0.2, 0.25) is 0 Å². The van der Waals surface area contributed by atoms with Gasteiger partial charge in [-0.25, -0.2) is 4.68 Å². The molecule has 1 rings (SSSR count). The summed E-state index contributed by atoms with van der Waals surface area (Å²) in [6.07, 6.45) is 3.96. The molecule has 0 radical (unpaired) electrons. The molecule has 0 aliphatic rings. The number of hydrogen-bond acceptors (Lipinski definition) is 4. The van der Waals surface area contributed by atoms with Gasteiger partial charge in [0, 0.05) is 20.3 Å². The van der Waals surface area contributed by atoms with Gasteiger partial charge in [-0.2, -0.15) is 0 Å². The largest absolute Gasteiger partial charge is 0.384 e. The molecule has 2 atom stereocenters. The molecule has 1 N–H and O–H groups in total. The van der Waals surface area contributed by atoms with Crippen molar-refractivity contribution in [2.24, 2.45) is 5.92 Å². The summed E-state index contributed by atoms with van der Waals surface area (Å²) in [7, 11) is 3.72. The Kier molecular flexibility index (Phi) is 6.15. The molecule has 1 aromatic heterocycles. The van der Waals surface area contributed by atoms with Gasteiger partial charge in [-0.3, -0.25) is 0 Å². The highest BCUT2D eigenvalue weighted by atomic mass is 16.5. The SMILES string of the molecule is CCCn1nncc1C(CC(C)COC)NC. The summed E-state index contributed by atoms with van der Waals surface area (Å²) in [5, 5.41) is 11.5. The van der Waals surface area contributed by atoms with E-state index in [2.05, 4.69) is 29.5 Å². The van der Waals surface area contributed by atoms with Crippen molar-refractivity contribution in [3.63, 3.8) is 0 Å². The van der Waals surface area contributed by atoms with Crippen molar-refractivity contribution in [2.45, 2.75) is 39.3 Å². The zero-order valence-electron chi connectivity index (χ0n) is 11.3. The van der Waals surface area contributed by atoms with Crippen molar-refractivity contribution in [3.8, 4) is 0 Å². The van der Waals surface area contributed by atoms with Crippen molar-refractivity contribution < 1.29 is 4.74 Å². The molecule has 5 nitrogen and oxygen atoms in total. The van der Waals surface area contributed by atoms with Gasteiger partial charge in [0.1, 0.15) is 0 Å². The first-order valence-corrected chi connectivity index (χ1v) is 6.27. The minimum Gasteiger partial charge on any atom is -0.384 e. The molecular formula is C12H24N4O. The molecule has 0 spiro atoms. The number of rotatable bonds is 8. The van der Waals surface area contributed by atoms with Crippen LogP contribution in [0, 0.1) is 5.92 Å². The van der Waals surface area contributed by atoms with Crippen molar-refractivity contribution >= 4 is 0 Å². The molecule has 0 bridgehead atoms. The van der Waals surface area contributed by atoms with E-state index in [4.69, 9.17) is 4.74 Å². The summed E-state index contributed by atoms with van der Waals surface area (Å²) in [6, 6.07) is 0.293. The van der Waals surface area contributed by atoms with Crippen molar-refractivity contribution in [1.82, 2.24) is 20.3 Å². The maximum absolute atomic E-state index is 5.18. The van der Waals surface area contributed by atoms with Gasteiger partial charge in [-0.1, -0.05) is 19.1 Å². The zero-order chi connectivity index (χ0) is 12.7. The van der Waals surface area contributed by atoms with Crippen molar-refractivity contribution in [3.05, 3.63) is 11.9 Å². The van der Waals surface area contributed by atoms with Gasteiger partial charge in [0.15, 0.2) is 0 Å². The predicted molar refractivity (Wildman–Crippen MR) is 67.8 cm³/mol. The Morgan fingerprint density at radius 2 is 2.29 bits per heavy atom. The average Bonchev–Trinajstić information content (AvgIpc) is 2.75. The predicted octanol–water partition coefficient (Wildman–Crippen LogP) is 1.62. The minimum atomic E-state index is 0.293. The highest BCUT2D eigenvalue weighted by Gasteiger charge is 2.17. The van der Waals surface area contributed by atoms with E-state index in [-0.39, 0.29) is 0 Å². The van der Waals surface area contributed by atoms with Gasteiger partial charge in [-0.05, 0) is 25.8 Å². The molecule has 0 aliphatic carbocycles. The molecule has 0 aromatic carbocycles. The lowest BCUT2D eigenvalue weighted by molar-refractivity contribution is 0.149. The number of nitrogens with zero attached hydrogens (tertiary/aromatic N) is 3. The van der Waals surface area contributed by atoms with E-state index in [0.717, 1.165) is 31.7 Å². The third kappa shape index (κ3) is 4.09. The second kappa shape index (κ2) is 7.40. The Balaban J connectivity index is 2.68.